The number of thiophene rings is 1. The van der Waals surface area contributed by atoms with Gasteiger partial charge < -0.3 is 5.32 Å². The molecule has 0 saturated heterocycles. The largest absolute Gasteiger partial charge is 0.352 e. The van der Waals surface area contributed by atoms with Crippen LogP contribution >= 0.6 is 11.3 Å². The van der Waals surface area contributed by atoms with E-state index in [9.17, 15) is 4.79 Å². The Kier molecular flexibility index (Phi) is 5.40. The Bertz CT molecular complexity index is 877. The van der Waals surface area contributed by atoms with Gasteiger partial charge in [0.1, 0.15) is 5.00 Å². The Hall–Kier alpha value is -2.73. The molecular formula is C19H20N4OS. The summed E-state index contributed by atoms with van der Waals surface area (Å²) in [6, 6.07) is 10.0. The first kappa shape index (κ1) is 17.1. The molecule has 2 heterocycles. The molecule has 0 aliphatic heterocycles. The minimum Gasteiger partial charge on any atom is -0.352 e. The van der Waals surface area contributed by atoms with E-state index >= 15 is 0 Å². The summed E-state index contributed by atoms with van der Waals surface area (Å²) in [5.74, 6) is -0.0822. The predicted octanol–water partition coefficient (Wildman–Crippen LogP) is 4.34. The molecule has 3 rings (SSSR count). The first-order valence-electron chi connectivity index (χ1n) is 8.19. The van der Waals surface area contributed by atoms with Crippen LogP contribution in [-0.2, 0) is 0 Å². The second-order valence-corrected chi connectivity index (χ2v) is 6.61. The van der Waals surface area contributed by atoms with E-state index in [1.807, 2.05) is 12.3 Å². The lowest BCUT2D eigenvalue weighted by molar-refractivity contribution is 0.0955. The lowest BCUT2D eigenvalue weighted by atomic mass is 10.1. The van der Waals surface area contributed by atoms with Crippen molar-refractivity contribution < 1.29 is 4.79 Å². The van der Waals surface area contributed by atoms with Crippen molar-refractivity contribution in [1.29, 1.82) is 0 Å². The molecule has 3 aromatic rings. The molecule has 1 aromatic carbocycles. The van der Waals surface area contributed by atoms with E-state index in [0.717, 1.165) is 23.2 Å². The molecule has 128 valence electrons. The summed E-state index contributed by atoms with van der Waals surface area (Å²) in [5, 5.41) is 12.6. The number of aryl methyl sites for hydroxylation is 1. The van der Waals surface area contributed by atoms with Crippen LogP contribution in [-0.4, -0.2) is 28.9 Å². The SMILES string of the molecule is CCCNC(=O)c1ccsc1N=Cc1cn[nH]c1-c1ccc(C)cc1. The van der Waals surface area contributed by atoms with Gasteiger partial charge in [0.2, 0.25) is 0 Å². The van der Waals surface area contributed by atoms with Gasteiger partial charge in [0.25, 0.3) is 5.91 Å². The van der Waals surface area contributed by atoms with Gasteiger partial charge in [-0.25, -0.2) is 4.99 Å². The normalized spacial score (nSPS) is 11.1. The van der Waals surface area contributed by atoms with Crippen molar-refractivity contribution in [3.63, 3.8) is 0 Å². The zero-order chi connectivity index (χ0) is 17.6. The summed E-state index contributed by atoms with van der Waals surface area (Å²) < 4.78 is 0. The summed E-state index contributed by atoms with van der Waals surface area (Å²) >= 11 is 1.45. The lowest BCUT2D eigenvalue weighted by Gasteiger charge is -2.02. The number of nitrogens with one attached hydrogen (secondary N) is 2. The van der Waals surface area contributed by atoms with Crippen LogP contribution in [0.1, 0.15) is 34.8 Å². The average Bonchev–Trinajstić information content (AvgIpc) is 3.27. The summed E-state index contributed by atoms with van der Waals surface area (Å²) in [4.78, 5) is 16.7. The van der Waals surface area contributed by atoms with E-state index in [2.05, 4.69) is 51.7 Å². The number of hydrogen-bond acceptors (Lipinski definition) is 4. The van der Waals surface area contributed by atoms with Crippen LogP contribution in [0.5, 0.6) is 0 Å². The number of hydrogen-bond donors (Lipinski definition) is 2. The van der Waals surface area contributed by atoms with Gasteiger partial charge in [-0.15, -0.1) is 11.3 Å². The molecule has 5 nitrogen and oxygen atoms in total. The molecule has 6 heteroatoms. The van der Waals surface area contributed by atoms with E-state index in [1.54, 1.807) is 18.5 Å². The second-order valence-electron chi connectivity index (χ2n) is 5.72. The Labute approximate surface area is 150 Å². The summed E-state index contributed by atoms with van der Waals surface area (Å²) in [5.41, 5.74) is 4.67. The molecule has 25 heavy (non-hydrogen) atoms. The molecule has 2 N–H and O–H groups in total. The van der Waals surface area contributed by atoms with Crippen molar-refractivity contribution >= 4 is 28.5 Å². The topological polar surface area (TPSA) is 70.1 Å². The molecule has 0 aliphatic rings. The fraction of sp³-hybridized carbons (Fsp3) is 0.211. The van der Waals surface area contributed by atoms with Crippen LogP contribution in [0.15, 0.2) is 46.9 Å². The number of rotatable bonds is 6. The van der Waals surface area contributed by atoms with Gasteiger partial charge in [0, 0.05) is 23.9 Å². The highest BCUT2D eigenvalue weighted by Gasteiger charge is 2.12. The minimum atomic E-state index is -0.0822. The van der Waals surface area contributed by atoms with Crippen molar-refractivity contribution in [3.8, 4) is 11.3 Å². The highest BCUT2D eigenvalue weighted by Crippen LogP contribution is 2.27. The third-order valence-corrected chi connectivity index (χ3v) is 4.58. The number of amides is 1. The molecule has 0 bridgehead atoms. The lowest BCUT2D eigenvalue weighted by Crippen LogP contribution is -2.23. The maximum atomic E-state index is 12.2. The molecule has 0 unspecified atom stereocenters. The van der Waals surface area contributed by atoms with Crippen molar-refractivity contribution in [2.24, 2.45) is 4.99 Å². The van der Waals surface area contributed by atoms with Crippen molar-refractivity contribution in [2.75, 3.05) is 6.54 Å². The summed E-state index contributed by atoms with van der Waals surface area (Å²) in [6.07, 6.45) is 4.40. The van der Waals surface area contributed by atoms with E-state index in [1.165, 1.54) is 16.9 Å². The van der Waals surface area contributed by atoms with E-state index in [-0.39, 0.29) is 5.91 Å². The molecule has 0 spiro atoms. The number of benzene rings is 1. The highest BCUT2D eigenvalue weighted by atomic mass is 32.1. The molecular weight excluding hydrogens is 332 g/mol. The van der Waals surface area contributed by atoms with Crippen LogP contribution in [0.2, 0.25) is 0 Å². The minimum absolute atomic E-state index is 0.0822. The van der Waals surface area contributed by atoms with Crippen molar-refractivity contribution in [3.05, 3.63) is 58.6 Å². The quantitative estimate of drug-likeness (QED) is 0.648. The maximum absolute atomic E-state index is 12.2. The molecule has 1 amide bonds. The molecule has 2 aromatic heterocycles. The van der Waals surface area contributed by atoms with Crippen LogP contribution in [0.4, 0.5) is 5.00 Å². The Morgan fingerprint density at radius 2 is 2.12 bits per heavy atom. The van der Waals surface area contributed by atoms with Crippen molar-refractivity contribution in [1.82, 2.24) is 15.5 Å². The fourth-order valence-corrected chi connectivity index (χ4v) is 3.12. The molecule has 0 saturated carbocycles. The van der Waals surface area contributed by atoms with Gasteiger partial charge in [-0.1, -0.05) is 36.8 Å². The number of nitrogens with zero attached hydrogens (tertiary/aromatic N) is 2. The smallest absolute Gasteiger partial charge is 0.254 e. The van der Waals surface area contributed by atoms with Crippen LogP contribution in [0.3, 0.4) is 0 Å². The Morgan fingerprint density at radius 3 is 2.88 bits per heavy atom. The average molecular weight is 352 g/mol. The summed E-state index contributed by atoms with van der Waals surface area (Å²) in [6.45, 7) is 4.75. The van der Waals surface area contributed by atoms with E-state index in [4.69, 9.17) is 0 Å². The maximum Gasteiger partial charge on any atom is 0.254 e. The van der Waals surface area contributed by atoms with Gasteiger partial charge in [-0.05, 0) is 24.8 Å². The molecule has 0 atom stereocenters. The standard InChI is InChI=1S/C19H20N4OS/c1-3-9-20-18(24)16-8-10-25-19(16)21-11-15-12-22-23-17(15)14-6-4-13(2)5-7-14/h4-8,10-12H,3,9H2,1-2H3,(H,20,24)(H,22,23). The van der Waals surface area contributed by atoms with Gasteiger partial charge >= 0.3 is 0 Å². The number of H-pyrrole nitrogens is 1. The first-order valence-corrected chi connectivity index (χ1v) is 9.07. The van der Waals surface area contributed by atoms with Gasteiger partial charge in [0.15, 0.2) is 0 Å². The third kappa shape index (κ3) is 4.03. The third-order valence-electron chi connectivity index (χ3n) is 3.75. The number of aliphatic imine (C=N–C) groups is 1. The van der Waals surface area contributed by atoms with Crippen LogP contribution in [0.25, 0.3) is 11.3 Å². The second kappa shape index (κ2) is 7.90. The number of carbonyl (C=O) groups is 1. The number of carbonyl (C=O) groups excluding carboxylic acids is 1. The zero-order valence-electron chi connectivity index (χ0n) is 14.2. The highest BCUT2D eigenvalue weighted by molar-refractivity contribution is 7.14. The molecule has 0 fully saturated rings. The van der Waals surface area contributed by atoms with Crippen LogP contribution in [0, 0.1) is 6.92 Å². The predicted molar refractivity (Wildman–Crippen MR) is 103 cm³/mol. The van der Waals surface area contributed by atoms with Gasteiger partial charge in [-0.2, -0.15) is 5.10 Å². The van der Waals surface area contributed by atoms with E-state index < -0.39 is 0 Å². The zero-order valence-corrected chi connectivity index (χ0v) is 15.1. The van der Waals surface area contributed by atoms with E-state index in [0.29, 0.717) is 17.1 Å². The monoisotopic (exact) mass is 352 g/mol. The molecule has 0 radical (unpaired) electrons. The Morgan fingerprint density at radius 1 is 1.32 bits per heavy atom. The number of aromatic amines is 1. The van der Waals surface area contributed by atoms with Crippen LogP contribution < -0.4 is 5.32 Å². The molecule has 0 aliphatic carbocycles. The fourth-order valence-electron chi connectivity index (χ4n) is 2.38. The van der Waals surface area contributed by atoms with Gasteiger partial charge in [-0.3, -0.25) is 9.89 Å². The van der Waals surface area contributed by atoms with Gasteiger partial charge in [0.05, 0.1) is 17.5 Å². The number of aromatic nitrogens is 2. The van der Waals surface area contributed by atoms with Crippen molar-refractivity contribution in [2.45, 2.75) is 20.3 Å². The summed E-state index contributed by atoms with van der Waals surface area (Å²) in [7, 11) is 0. The Balaban J connectivity index is 1.83. The first-order chi connectivity index (χ1) is 12.2.